The van der Waals surface area contributed by atoms with Crippen molar-refractivity contribution in [3.05, 3.63) is 63.9 Å². The first-order chi connectivity index (χ1) is 12.0. The molecule has 1 amide bonds. The van der Waals surface area contributed by atoms with E-state index in [4.69, 9.17) is 23.2 Å². The fraction of sp³-hybridized carbons (Fsp3) is 0.278. The lowest BCUT2D eigenvalue weighted by molar-refractivity contribution is -0.140. The summed E-state index contributed by atoms with van der Waals surface area (Å²) in [5, 5.41) is 11.3. The van der Waals surface area contributed by atoms with E-state index in [2.05, 4.69) is 4.90 Å². The smallest absolute Gasteiger partial charge is 0.256 e. The van der Waals surface area contributed by atoms with Crippen LogP contribution in [0.5, 0.6) is 0 Å². The number of halogens is 3. The van der Waals surface area contributed by atoms with Crippen LogP contribution in [0.4, 0.5) is 10.1 Å². The Kier molecular flexibility index (Phi) is 5.47. The number of carbonyl (C=O) groups is 1. The fourth-order valence-corrected chi connectivity index (χ4v) is 3.43. The molecule has 0 saturated carbocycles. The van der Waals surface area contributed by atoms with Gasteiger partial charge < -0.3 is 14.9 Å². The minimum Gasteiger partial charge on any atom is -0.378 e. The fourth-order valence-electron chi connectivity index (χ4n) is 2.90. The first-order valence-corrected chi connectivity index (χ1v) is 8.63. The van der Waals surface area contributed by atoms with E-state index in [9.17, 15) is 14.3 Å². The number of nitrogens with zero attached hydrogens (tertiary/aromatic N) is 2. The molecular weight excluding hydrogens is 366 g/mol. The van der Waals surface area contributed by atoms with E-state index in [0.29, 0.717) is 36.2 Å². The van der Waals surface area contributed by atoms with Crippen LogP contribution < -0.4 is 4.90 Å². The summed E-state index contributed by atoms with van der Waals surface area (Å²) in [5.41, 5.74) is 1.12. The normalized spacial score (nSPS) is 16.0. The van der Waals surface area contributed by atoms with Crippen molar-refractivity contribution >= 4 is 34.8 Å². The maximum absolute atomic E-state index is 13.3. The predicted molar refractivity (Wildman–Crippen MR) is 96.6 cm³/mol. The molecule has 1 heterocycles. The molecule has 2 aromatic carbocycles. The number of hydrogen-bond acceptors (Lipinski definition) is 3. The number of aliphatic hydroxyl groups excluding tert-OH is 1. The average Bonchev–Trinajstić information content (AvgIpc) is 2.61. The molecule has 0 radical (unpaired) electrons. The van der Waals surface area contributed by atoms with Gasteiger partial charge in [-0.25, -0.2) is 4.39 Å². The van der Waals surface area contributed by atoms with Crippen molar-refractivity contribution in [3.8, 4) is 0 Å². The van der Waals surface area contributed by atoms with Crippen LogP contribution in [0.1, 0.15) is 11.7 Å². The zero-order valence-electron chi connectivity index (χ0n) is 13.3. The van der Waals surface area contributed by atoms with Gasteiger partial charge in [0.05, 0.1) is 10.7 Å². The first kappa shape index (κ1) is 18.0. The number of amides is 1. The molecular formula is C18H17Cl2FN2O2. The van der Waals surface area contributed by atoms with Gasteiger partial charge in [0, 0.05) is 31.2 Å². The molecule has 3 rings (SSSR count). The molecule has 0 spiro atoms. The highest BCUT2D eigenvalue weighted by Crippen LogP contribution is 2.29. The number of piperazine rings is 1. The van der Waals surface area contributed by atoms with Crippen molar-refractivity contribution in [2.24, 2.45) is 0 Å². The molecule has 1 fully saturated rings. The topological polar surface area (TPSA) is 43.8 Å². The van der Waals surface area contributed by atoms with Crippen LogP contribution in [-0.2, 0) is 4.79 Å². The Morgan fingerprint density at radius 2 is 1.80 bits per heavy atom. The van der Waals surface area contributed by atoms with Gasteiger partial charge in [0.2, 0.25) is 0 Å². The Balaban J connectivity index is 1.64. The molecule has 1 aliphatic heterocycles. The molecule has 1 atom stereocenters. The van der Waals surface area contributed by atoms with E-state index in [1.165, 1.54) is 24.3 Å². The van der Waals surface area contributed by atoms with Crippen molar-refractivity contribution < 1.29 is 14.3 Å². The Morgan fingerprint density at radius 1 is 1.08 bits per heavy atom. The summed E-state index contributed by atoms with van der Waals surface area (Å²) in [6.45, 7) is 2.07. The number of aliphatic hydroxyl groups is 1. The standard InChI is InChI=1S/C18H17Cl2FN2O2/c19-13-4-5-16(15(20)11-13)22-6-8-23(9-7-22)18(25)17(24)12-2-1-3-14(21)10-12/h1-5,10-11,17,24H,6-9H2. The molecule has 2 aromatic rings. The lowest BCUT2D eigenvalue weighted by Gasteiger charge is -2.37. The number of hydrogen-bond donors (Lipinski definition) is 1. The molecule has 7 heteroatoms. The number of rotatable bonds is 3. The van der Waals surface area contributed by atoms with Crippen LogP contribution in [-0.4, -0.2) is 42.1 Å². The summed E-state index contributed by atoms with van der Waals surface area (Å²) in [5.74, 6) is -0.904. The van der Waals surface area contributed by atoms with E-state index >= 15 is 0 Å². The number of carbonyl (C=O) groups excluding carboxylic acids is 1. The Bertz CT molecular complexity index is 779. The SMILES string of the molecule is O=C(C(O)c1cccc(F)c1)N1CCN(c2ccc(Cl)cc2Cl)CC1. The molecule has 0 aromatic heterocycles. The van der Waals surface area contributed by atoms with E-state index < -0.39 is 17.8 Å². The van der Waals surface area contributed by atoms with E-state index in [1.54, 1.807) is 17.0 Å². The molecule has 25 heavy (non-hydrogen) atoms. The van der Waals surface area contributed by atoms with Crippen molar-refractivity contribution in [2.45, 2.75) is 6.10 Å². The third-order valence-electron chi connectivity index (χ3n) is 4.24. The summed E-state index contributed by atoms with van der Waals surface area (Å²) in [6.07, 6.45) is -1.36. The van der Waals surface area contributed by atoms with Crippen LogP contribution in [0.2, 0.25) is 10.0 Å². The molecule has 4 nitrogen and oxygen atoms in total. The second-order valence-corrected chi connectivity index (χ2v) is 6.71. The molecule has 132 valence electrons. The van der Waals surface area contributed by atoms with Crippen molar-refractivity contribution in [3.63, 3.8) is 0 Å². The maximum atomic E-state index is 13.3. The third-order valence-corrected chi connectivity index (χ3v) is 4.78. The van der Waals surface area contributed by atoms with E-state index in [0.717, 1.165) is 5.69 Å². The van der Waals surface area contributed by atoms with Gasteiger partial charge in [0.25, 0.3) is 5.91 Å². The summed E-state index contributed by atoms with van der Waals surface area (Å²) >= 11 is 12.1. The maximum Gasteiger partial charge on any atom is 0.256 e. The largest absolute Gasteiger partial charge is 0.378 e. The summed E-state index contributed by atoms with van der Waals surface area (Å²) in [4.78, 5) is 16.1. The van der Waals surface area contributed by atoms with Gasteiger partial charge in [-0.2, -0.15) is 0 Å². The lowest BCUT2D eigenvalue weighted by Crippen LogP contribution is -2.50. The summed E-state index contributed by atoms with van der Waals surface area (Å²) in [7, 11) is 0. The van der Waals surface area contributed by atoms with E-state index in [1.807, 2.05) is 6.07 Å². The Labute approximate surface area is 155 Å². The van der Waals surface area contributed by atoms with Crippen LogP contribution in [0, 0.1) is 5.82 Å². The Hall–Kier alpha value is -1.82. The van der Waals surface area contributed by atoms with Gasteiger partial charge in [0.1, 0.15) is 5.82 Å². The van der Waals surface area contributed by atoms with Crippen LogP contribution in [0.25, 0.3) is 0 Å². The zero-order valence-corrected chi connectivity index (χ0v) is 14.8. The van der Waals surface area contributed by atoms with Crippen LogP contribution in [0.15, 0.2) is 42.5 Å². The highest BCUT2D eigenvalue weighted by Gasteiger charge is 2.28. The van der Waals surface area contributed by atoms with Crippen LogP contribution in [0.3, 0.4) is 0 Å². The molecule has 1 N–H and O–H groups in total. The minimum atomic E-state index is -1.36. The molecule has 1 aliphatic rings. The second kappa shape index (κ2) is 7.60. The Morgan fingerprint density at radius 3 is 2.44 bits per heavy atom. The molecule has 0 bridgehead atoms. The first-order valence-electron chi connectivity index (χ1n) is 7.88. The third kappa shape index (κ3) is 4.06. The second-order valence-electron chi connectivity index (χ2n) is 5.87. The molecule has 0 aliphatic carbocycles. The number of benzene rings is 2. The monoisotopic (exact) mass is 382 g/mol. The minimum absolute atomic E-state index is 0.258. The zero-order chi connectivity index (χ0) is 18.0. The average molecular weight is 383 g/mol. The van der Waals surface area contributed by atoms with Crippen molar-refractivity contribution in [1.29, 1.82) is 0 Å². The van der Waals surface area contributed by atoms with Crippen LogP contribution >= 0.6 is 23.2 Å². The number of anilines is 1. The quantitative estimate of drug-likeness (QED) is 0.882. The van der Waals surface area contributed by atoms with Gasteiger partial charge >= 0.3 is 0 Å². The highest BCUT2D eigenvalue weighted by molar-refractivity contribution is 6.36. The molecule has 1 saturated heterocycles. The predicted octanol–water partition coefficient (Wildman–Crippen LogP) is 3.51. The van der Waals surface area contributed by atoms with Gasteiger partial charge in [0.15, 0.2) is 6.10 Å². The summed E-state index contributed by atoms with van der Waals surface area (Å²) in [6, 6.07) is 10.8. The summed E-state index contributed by atoms with van der Waals surface area (Å²) < 4.78 is 13.3. The van der Waals surface area contributed by atoms with Crippen molar-refractivity contribution in [2.75, 3.05) is 31.1 Å². The van der Waals surface area contributed by atoms with E-state index in [-0.39, 0.29) is 5.56 Å². The highest BCUT2D eigenvalue weighted by atomic mass is 35.5. The van der Waals surface area contributed by atoms with Gasteiger partial charge in [-0.05, 0) is 35.9 Å². The van der Waals surface area contributed by atoms with Crippen molar-refractivity contribution in [1.82, 2.24) is 4.90 Å². The van der Waals surface area contributed by atoms with Gasteiger partial charge in [-0.15, -0.1) is 0 Å². The van der Waals surface area contributed by atoms with Gasteiger partial charge in [-0.3, -0.25) is 4.79 Å². The molecule has 1 unspecified atom stereocenters. The lowest BCUT2D eigenvalue weighted by atomic mass is 10.1. The van der Waals surface area contributed by atoms with Gasteiger partial charge in [-0.1, -0.05) is 35.3 Å².